The molecule has 4 nitrogen and oxygen atoms in total. The zero-order valence-electron chi connectivity index (χ0n) is 12.5. The predicted molar refractivity (Wildman–Crippen MR) is 84.6 cm³/mol. The Morgan fingerprint density at radius 3 is 2.83 bits per heavy atom. The van der Waals surface area contributed by atoms with Gasteiger partial charge in [0.1, 0.15) is 11.3 Å². The van der Waals surface area contributed by atoms with E-state index >= 15 is 0 Å². The highest BCUT2D eigenvalue weighted by atomic mass is 19.1. The summed E-state index contributed by atoms with van der Waals surface area (Å²) >= 11 is 0. The maximum absolute atomic E-state index is 13.0. The van der Waals surface area contributed by atoms with E-state index in [1.807, 2.05) is 0 Å². The molecule has 116 valence electrons. The van der Waals surface area contributed by atoms with Crippen LogP contribution in [0.15, 0.2) is 46.9 Å². The molecule has 0 spiro atoms. The summed E-state index contributed by atoms with van der Waals surface area (Å²) in [4.78, 5) is 16.6. The third-order valence-electron chi connectivity index (χ3n) is 4.19. The van der Waals surface area contributed by atoms with Gasteiger partial charge in [-0.15, -0.1) is 0 Å². The highest BCUT2D eigenvalue weighted by Crippen LogP contribution is 2.48. The third-order valence-corrected chi connectivity index (χ3v) is 4.19. The second-order valence-electron chi connectivity index (χ2n) is 5.90. The molecule has 1 amide bonds. The monoisotopic (exact) mass is 310 g/mol. The summed E-state index contributed by atoms with van der Waals surface area (Å²) in [5.74, 6) is 0.441. The van der Waals surface area contributed by atoms with Crippen LogP contribution in [0.5, 0.6) is 0 Å². The maximum atomic E-state index is 13.0. The number of hydrogen-bond donors (Lipinski definition) is 1. The lowest BCUT2D eigenvalue weighted by molar-refractivity contribution is -0.117. The molecule has 1 aromatic heterocycles. The molecule has 1 fully saturated rings. The van der Waals surface area contributed by atoms with Gasteiger partial charge in [-0.05, 0) is 48.2 Å². The van der Waals surface area contributed by atoms with Gasteiger partial charge in [-0.25, -0.2) is 9.37 Å². The number of nitrogens with one attached hydrogen (secondary N) is 1. The summed E-state index contributed by atoms with van der Waals surface area (Å²) in [6.07, 6.45) is 0.794. The third kappa shape index (κ3) is 2.70. The molecule has 1 heterocycles. The first-order valence-electron chi connectivity index (χ1n) is 7.54. The lowest BCUT2D eigenvalue weighted by Crippen LogP contribution is -2.14. The summed E-state index contributed by atoms with van der Waals surface area (Å²) in [7, 11) is 0. The number of halogens is 1. The Morgan fingerprint density at radius 2 is 2.04 bits per heavy atom. The van der Waals surface area contributed by atoms with Crippen LogP contribution in [-0.2, 0) is 4.79 Å². The van der Waals surface area contributed by atoms with Gasteiger partial charge in [-0.2, -0.15) is 0 Å². The molecule has 2 atom stereocenters. The molecule has 5 heteroatoms. The summed E-state index contributed by atoms with van der Waals surface area (Å²) in [6, 6.07) is 11.8. The Bertz CT molecular complexity index is 886. The molecular formula is C18H15FN2O2. The van der Waals surface area contributed by atoms with E-state index in [0.29, 0.717) is 17.2 Å². The van der Waals surface area contributed by atoms with Crippen LogP contribution >= 0.6 is 0 Å². The van der Waals surface area contributed by atoms with Crippen molar-refractivity contribution in [3.63, 3.8) is 0 Å². The van der Waals surface area contributed by atoms with Crippen LogP contribution in [0.3, 0.4) is 0 Å². The molecular weight excluding hydrogens is 295 g/mol. The fourth-order valence-corrected chi connectivity index (χ4v) is 2.92. The molecule has 4 rings (SSSR count). The number of anilines is 1. The van der Waals surface area contributed by atoms with Gasteiger partial charge in [0.2, 0.25) is 5.91 Å². The van der Waals surface area contributed by atoms with E-state index in [1.165, 1.54) is 12.1 Å². The second kappa shape index (κ2) is 5.19. The van der Waals surface area contributed by atoms with Crippen LogP contribution < -0.4 is 5.32 Å². The Hall–Kier alpha value is -2.69. The van der Waals surface area contributed by atoms with Crippen molar-refractivity contribution >= 4 is 22.7 Å². The number of fused-ring (bicyclic) bond motifs is 1. The molecule has 2 unspecified atom stereocenters. The van der Waals surface area contributed by atoms with Crippen molar-refractivity contribution in [2.24, 2.45) is 5.92 Å². The molecule has 1 aliphatic rings. The molecule has 1 N–H and O–H groups in total. The topological polar surface area (TPSA) is 55.1 Å². The van der Waals surface area contributed by atoms with E-state index in [2.05, 4.69) is 10.3 Å². The summed E-state index contributed by atoms with van der Waals surface area (Å²) in [6.45, 7) is 1.79. The first-order valence-corrected chi connectivity index (χ1v) is 7.54. The maximum Gasteiger partial charge on any atom is 0.228 e. The van der Waals surface area contributed by atoms with Crippen LogP contribution in [0.4, 0.5) is 10.1 Å². The minimum absolute atomic E-state index is 0.0149. The number of oxazole rings is 1. The van der Waals surface area contributed by atoms with Gasteiger partial charge in [-0.3, -0.25) is 4.79 Å². The van der Waals surface area contributed by atoms with E-state index in [-0.39, 0.29) is 23.6 Å². The quantitative estimate of drug-likeness (QED) is 0.795. The van der Waals surface area contributed by atoms with Crippen molar-refractivity contribution in [3.05, 3.63) is 59.7 Å². The fraction of sp³-hybridized carbons (Fsp3) is 0.222. The van der Waals surface area contributed by atoms with Crippen LogP contribution in [0, 0.1) is 18.7 Å². The number of benzene rings is 2. The van der Waals surface area contributed by atoms with Crippen molar-refractivity contribution in [2.75, 3.05) is 5.32 Å². The molecule has 0 bridgehead atoms. The molecule has 0 radical (unpaired) electrons. The van der Waals surface area contributed by atoms with Gasteiger partial charge in [0.15, 0.2) is 11.5 Å². The van der Waals surface area contributed by atoms with Gasteiger partial charge >= 0.3 is 0 Å². The first-order chi connectivity index (χ1) is 11.1. The van der Waals surface area contributed by atoms with Crippen LogP contribution in [0.25, 0.3) is 11.1 Å². The van der Waals surface area contributed by atoms with Crippen LogP contribution in [0.1, 0.15) is 23.8 Å². The zero-order valence-corrected chi connectivity index (χ0v) is 12.5. The van der Waals surface area contributed by atoms with Gasteiger partial charge in [0, 0.05) is 18.5 Å². The number of amides is 1. The van der Waals surface area contributed by atoms with Crippen molar-refractivity contribution in [1.29, 1.82) is 0 Å². The molecule has 0 aliphatic heterocycles. The number of carbonyl (C=O) groups excluding carboxylic acids is 1. The van der Waals surface area contributed by atoms with Crippen molar-refractivity contribution in [1.82, 2.24) is 4.98 Å². The van der Waals surface area contributed by atoms with E-state index < -0.39 is 0 Å². The number of aromatic nitrogens is 1. The van der Waals surface area contributed by atoms with Crippen molar-refractivity contribution in [2.45, 2.75) is 19.3 Å². The summed E-state index contributed by atoms with van der Waals surface area (Å²) in [5.41, 5.74) is 3.15. The Labute approximate surface area is 132 Å². The Balaban J connectivity index is 1.46. The molecule has 0 saturated heterocycles. The number of carbonyl (C=O) groups is 1. The first kappa shape index (κ1) is 13.9. The fourth-order valence-electron chi connectivity index (χ4n) is 2.92. The SMILES string of the molecule is Cc1nc2cc(NC(=O)C3CC3c3ccc(F)cc3)ccc2o1. The van der Waals surface area contributed by atoms with E-state index in [1.54, 1.807) is 37.3 Å². The Morgan fingerprint density at radius 1 is 1.26 bits per heavy atom. The Kier molecular flexibility index (Phi) is 3.15. The molecule has 3 aromatic rings. The normalized spacial score (nSPS) is 19.7. The highest BCUT2D eigenvalue weighted by molar-refractivity contribution is 5.96. The molecule has 1 aliphatic carbocycles. The molecule has 23 heavy (non-hydrogen) atoms. The number of rotatable bonds is 3. The average molecular weight is 310 g/mol. The van der Waals surface area contributed by atoms with Crippen molar-refractivity contribution < 1.29 is 13.6 Å². The minimum Gasteiger partial charge on any atom is -0.441 e. The lowest BCUT2D eigenvalue weighted by Gasteiger charge is -2.05. The number of hydrogen-bond acceptors (Lipinski definition) is 3. The van der Waals surface area contributed by atoms with E-state index in [4.69, 9.17) is 4.42 Å². The predicted octanol–water partition coefficient (Wildman–Crippen LogP) is 4.02. The molecule has 2 aromatic carbocycles. The van der Waals surface area contributed by atoms with Gasteiger partial charge in [-0.1, -0.05) is 12.1 Å². The van der Waals surface area contributed by atoms with Gasteiger partial charge in [0.05, 0.1) is 0 Å². The van der Waals surface area contributed by atoms with E-state index in [0.717, 1.165) is 17.5 Å². The number of aryl methyl sites for hydroxylation is 1. The minimum atomic E-state index is -0.258. The second-order valence-corrected chi connectivity index (χ2v) is 5.90. The standard InChI is InChI=1S/C18H15FN2O2/c1-10-20-16-8-13(6-7-17(16)23-10)21-18(22)15-9-14(15)11-2-4-12(19)5-3-11/h2-8,14-15H,9H2,1H3,(H,21,22). The summed E-state index contributed by atoms with van der Waals surface area (Å²) in [5, 5.41) is 2.92. The lowest BCUT2D eigenvalue weighted by atomic mass is 10.1. The molecule has 1 saturated carbocycles. The number of nitrogens with zero attached hydrogens (tertiary/aromatic N) is 1. The largest absolute Gasteiger partial charge is 0.441 e. The van der Waals surface area contributed by atoms with Crippen LogP contribution in [-0.4, -0.2) is 10.9 Å². The van der Waals surface area contributed by atoms with Gasteiger partial charge < -0.3 is 9.73 Å². The average Bonchev–Trinajstić information content (AvgIpc) is 3.23. The highest BCUT2D eigenvalue weighted by Gasteiger charge is 2.43. The zero-order chi connectivity index (χ0) is 16.0. The van der Waals surface area contributed by atoms with Gasteiger partial charge in [0.25, 0.3) is 0 Å². The van der Waals surface area contributed by atoms with E-state index in [9.17, 15) is 9.18 Å². The van der Waals surface area contributed by atoms with Crippen LogP contribution in [0.2, 0.25) is 0 Å². The van der Waals surface area contributed by atoms with Crippen molar-refractivity contribution in [3.8, 4) is 0 Å². The smallest absolute Gasteiger partial charge is 0.228 e. The summed E-state index contributed by atoms with van der Waals surface area (Å²) < 4.78 is 18.4.